The van der Waals surface area contributed by atoms with Crippen LogP contribution in [0.15, 0.2) is 41.5 Å². The molecule has 2 aromatic carbocycles. The van der Waals surface area contributed by atoms with Crippen LogP contribution in [0.5, 0.6) is 11.5 Å². The van der Waals surface area contributed by atoms with Crippen molar-refractivity contribution in [1.82, 2.24) is 10.3 Å². The van der Waals surface area contributed by atoms with Crippen LogP contribution in [0.25, 0.3) is 0 Å². The monoisotopic (exact) mass is 469 g/mol. The number of thioether (sulfide) groups is 1. The molecule has 2 amide bonds. The molecule has 2 aromatic rings. The minimum Gasteiger partial charge on any atom is -0.490 e. The second-order valence-corrected chi connectivity index (χ2v) is 9.42. The van der Waals surface area contributed by atoms with Gasteiger partial charge < -0.3 is 14.8 Å². The summed E-state index contributed by atoms with van der Waals surface area (Å²) in [4.78, 5) is 23.7. The molecule has 0 spiro atoms. The van der Waals surface area contributed by atoms with Crippen molar-refractivity contribution in [1.29, 1.82) is 0 Å². The summed E-state index contributed by atoms with van der Waals surface area (Å²) in [5.74, 6) is 1.44. The minimum absolute atomic E-state index is 0.218. The number of rotatable bonds is 7. The number of carbonyl (C=O) groups is 2. The summed E-state index contributed by atoms with van der Waals surface area (Å²) in [6.45, 7) is 11.9. The molecule has 8 heteroatoms. The molecule has 0 aliphatic carbocycles. The van der Waals surface area contributed by atoms with E-state index in [1.165, 1.54) is 36.2 Å². The van der Waals surface area contributed by atoms with Gasteiger partial charge >= 0.3 is 0 Å². The molecule has 0 unspecified atom stereocenters. The molecule has 3 rings (SSSR count). The highest BCUT2D eigenvalue weighted by Gasteiger charge is 2.34. The zero-order valence-electron chi connectivity index (χ0n) is 20.0. The molecular formula is C25H31N3O4S. The Balaban J connectivity index is 1.73. The fourth-order valence-electron chi connectivity index (χ4n) is 3.50. The Hall–Kier alpha value is -3.00. The SMILES string of the molecule is CC(=O)NC1=NN(C(C)=O)[C@H](c2cc(C)ccc2OCCOc2cc(C)ccc2C(C)C)S1. The number of hydrogen-bond donors (Lipinski definition) is 1. The van der Waals surface area contributed by atoms with Gasteiger partial charge in [0.1, 0.15) is 30.1 Å². The zero-order chi connectivity index (χ0) is 24.1. The first kappa shape index (κ1) is 24.6. The quantitative estimate of drug-likeness (QED) is 0.584. The predicted molar refractivity (Wildman–Crippen MR) is 132 cm³/mol. The number of benzene rings is 2. The lowest BCUT2D eigenvalue weighted by atomic mass is 10.0. The number of aryl methyl sites for hydroxylation is 2. The lowest BCUT2D eigenvalue weighted by molar-refractivity contribution is -0.129. The van der Waals surface area contributed by atoms with E-state index in [0.29, 0.717) is 30.0 Å². The van der Waals surface area contributed by atoms with Crippen molar-refractivity contribution in [2.75, 3.05) is 13.2 Å². The largest absolute Gasteiger partial charge is 0.490 e. The molecule has 33 heavy (non-hydrogen) atoms. The van der Waals surface area contributed by atoms with Gasteiger partial charge in [-0.05, 0) is 49.1 Å². The second kappa shape index (κ2) is 10.7. The number of hydrogen-bond acceptors (Lipinski definition) is 6. The Labute approximate surface area is 199 Å². The van der Waals surface area contributed by atoms with Crippen molar-refractivity contribution in [2.24, 2.45) is 5.10 Å². The van der Waals surface area contributed by atoms with Crippen LogP contribution in [-0.4, -0.2) is 35.2 Å². The van der Waals surface area contributed by atoms with Crippen LogP contribution in [0.3, 0.4) is 0 Å². The summed E-state index contributed by atoms with van der Waals surface area (Å²) in [7, 11) is 0. The Bertz CT molecular complexity index is 1070. The molecule has 1 atom stereocenters. The molecule has 0 saturated carbocycles. The van der Waals surface area contributed by atoms with Gasteiger partial charge in [-0.1, -0.05) is 49.4 Å². The van der Waals surface area contributed by atoms with Gasteiger partial charge in [0.05, 0.1) is 0 Å². The summed E-state index contributed by atoms with van der Waals surface area (Å²) < 4.78 is 12.1. The topological polar surface area (TPSA) is 80.2 Å². The minimum atomic E-state index is -0.426. The van der Waals surface area contributed by atoms with Crippen LogP contribution in [-0.2, 0) is 9.59 Å². The Kier molecular flexibility index (Phi) is 8.02. The molecular weight excluding hydrogens is 438 g/mol. The van der Waals surface area contributed by atoms with Crippen molar-refractivity contribution in [3.63, 3.8) is 0 Å². The Morgan fingerprint density at radius 3 is 2.30 bits per heavy atom. The van der Waals surface area contributed by atoms with Crippen molar-refractivity contribution in [2.45, 2.75) is 52.8 Å². The molecule has 0 bridgehead atoms. The number of amidine groups is 1. The third-order valence-corrected chi connectivity index (χ3v) is 6.15. The summed E-state index contributed by atoms with van der Waals surface area (Å²) in [5.41, 5.74) is 4.16. The maximum Gasteiger partial charge on any atom is 0.241 e. The maximum atomic E-state index is 12.2. The molecule has 1 aliphatic rings. The van der Waals surface area contributed by atoms with E-state index < -0.39 is 5.37 Å². The standard InChI is InChI=1S/C25H31N3O4S/c1-15(2)20-9-7-17(4)14-23(20)32-12-11-31-22-10-8-16(3)13-21(22)24-28(19(6)30)27-25(33-24)26-18(5)29/h7-10,13-15,24H,11-12H2,1-6H3,(H,26,27,29)/t24-/m0/s1. The third kappa shape index (κ3) is 6.28. The van der Waals surface area contributed by atoms with Crippen molar-refractivity contribution >= 4 is 28.7 Å². The molecule has 1 N–H and O–H groups in total. The number of carbonyl (C=O) groups excluding carboxylic acids is 2. The van der Waals surface area contributed by atoms with Crippen molar-refractivity contribution in [3.05, 3.63) is 58.7 Å². The number of nitrogens with one attached hydrogen (secondary N) is 1. The number of amides is 2. The van der Waals surface area contributed by atoms with E-state index in [-0.39, 0.29) is 11.8 Å². The third-order valence-electron chi connectivity index (χ3n) is 5.07. The summed E-state index contributed by atoms with van der Waals surface area (Å²) in [6.07, 6.45) is 0. The van der Waals surface area contributed by atoms with Gasteiger partial charge in [-0.3, -0.25) is 9.59 Å². The second-order valence-electron chi connectivity index (χ2n) is 8.35. The molecule has 0 aromatic heterocycles. The van der Waals surface area contributed by atoms with Gasteiger partial charge in [-0.25, -0.2) is 5.01 Å². The van der Waals surface area contributed by atoms with Gasteiger partial charge in [0.25, 0.3) is 0 Å². The first-order valence-corrected chi connectivity index (χ1v) is 11.8. The molecule has 0 fully saturated rings. The van der Waals surface area contributed by atoms with Crippen molar-refractivity contribution in [3.8, 4) is 11.5 Å². The highest BCUT2D eigenvalue weighted by atomic mass is 32.2. The van der Waals surface area contributed by atoms with Crippen LogP contribution >= 0.6 is 11.8 Å². The van der Waals surface area contributed by atoms with Gasteiger partial charge in [-0.2, -0.15) is 0 Å². The summed E-state index contributed by atoms with van der Waals surface area (Å²) in [6, 6.07) is 12.1. The molecule has 176 valence electrons. The van der Waals surface area contributed by atoms with E-state index >= 15 is 0 Å². The van der Waals surface area contributed by atoms with E-state index in [2.05, 4.69) is 36.4 Å². The van der Waals surface area contributed by atoms with E-state index in [0.717, 1.165) is 22.4 Å². The molecule has 1 heterocycles. The normalized spacial score (nSPS) is 15.4. The fourth-order valence-corrected chi connectivity index (χ4v) is 4.66. The van der Waals surface area contributed by atoms with E-state index in [4.69, 9.17) is 9.47 Å². The molecule has 1 aliphatic heterocycles. The van der Waals surface area contributed by atoms with Crippen molar-refractivity contribution < 1.29 is 19.1 Å². The van der Waals surface area contributed by atoms with Gasteiger partial charge in [0.2, 0.25) is 11.8 Å². The first-order chi connectivity index (χ1) is 15.7. The lowest BCUT2D eigenvalue weighted by Gasteiger charge is -2.22. The average Bonchev–Trinajstić information content (AvgIpc) is 3.15. The first-order valence-electron chi connectivity index (χ1n) is 10.9. The van der Waals surface area contributed by atoms with E-state index in [9.17, 15) is 9.59 Å². The smallest absolute Gasteiger partial charge is 0.241 e. The Morgan fingerprint density at radius 2 is 1.67 bits per heavy atom. The maximum absolute atomic E-state index is 12.2. The zero-order valence-corrected chi connectivity index (χ0v) is 20.8. The van der Waals surface area contributed by atoms with Crippen LogP contribution in [0.2, 0.25) is 0 Å². The number of hydrazone groups is 1. The number of ether oxygens (including phenoxy) is 2. The Morgan fingerprint density at radius 1 is 1.03 bits per heavy atom. The van der Waals surface area contributed by atoms with Gasteiger partial charge in [-0.15, -0.1) is 5.10 Å². The highest BCUT2D eigenvalue weighted by Crippen LogP contribution is 2.43. The molecule has 0 saturated heterocycles. The molecule has 7 nitrogen and oxygen atoms in total. The summed E-state index contributed by atoms with van der Waals surface area (Å²) >= 11 is 1.31. The van der Waals surface area contributed by atoms with E-state index in [1.54, 1.807) is 0 Å². The van der Waals surface area contributed by atoms with Crippen LogP contribution < -0.4 is 14.8 Å². The average molecular weight is 470 g/mol. The van der Waals surface area contributed by atoms with Crippen LogP contribution in [0.1, 0.15) is 61.2 Å². The van der Waals surface area contributed by atoms with E-state index in [1.807, 2.05) is 38.1 Å². The molecule has 0 radical (unpaired) electrons. The van der Waals surface area contributed by atoms with Crippen LogP contribution in [0, 0.1) is 13.8 Å². The predicted octanol–water partition coefficient (Wildman–Crippen LogP) is 4.89. The summed E-state index contributed by atoms with van der Waals surface area (Å²) in [5, 5.41) is 8.28. The van der Waals surface area contributed by atoms with Gasteiger partial charge in [0, 0.05) is 19.4 Å². The highest BCUT2D eigenvalue weighted by molar-refractivity contribution is 8.14. The number of nitrogens with zero attached hydrogens (tertiary/aromatic N) is 2. The fraction of sp³-hybridized carbons (Fsp3) is 0.400. The van der Waals surface area contributed by atoms with Gasteiger partial charge in [0.15, 0.2) is 5.17 Å². The van der Waals surface area contributed by atoms with Crippen LogP contribution in [0.4, 0.5) is 0 Å². The lowest BCUT2D eigenvalue weighted by Crippen LogP contribution is -2.25.